The second-order valence-corrected chi connectivity index (χ2v) is 7.37. The fourth-order valence-corrected chi connectivity index (χ4v) is 3.75. The van der Waals surface area contributed by atoms with Crippen molar-refractivity contribution in [2.24, 2.45) is 0 Å². The number of aromatic nitrogens is 3. The van der Waals surface area contributed by atoms with E-state index in [1.165, 1.54) is 5.69 Å². The predicted molar refractivity (Wildman–Crippen MR) is 120 cm³/mol. The van der Waals surface area contributed by atoms with Gasteiger partial charge in [-0.3, -0.25) is 0 Å². The van der Waals surface area contributed by atoms with Crippen molar-refractivity contribution in [2.75, 3.05) is 43.1 Å². The van der Waals surface area contributed by atoms with E-state index < -0.39 is 0 Å². The van der Waals surface area contributed by atoms with Gasteiger partial charge in [-0.05, 0) is 24.3 Å². The Bertz CT molecular complexity index is 1140. The SMILES string of the molecule is COc1cccc(N2CCN(c3ccc(-c4nc(-c5ccccc5)no4)cn3)CC2)c1. The summed E-state index contributed by atoms with van der Waals surface area (Å²) >= 11 is 0. The molecule has 1 aliphatic rings. The standard InChI is InChI=1S/C24H23N5O2/c1-30-21-9-5-8-20(16-21)28-12-14-29(15-13-28)22-11-10-19(17-25-22)24-26-23(27-31-24)18-6-3-2-4-7-18/h2-11,16-17H,12-15H2,1H3. The highest BCUT2D eigenvalue weighted by atomic mass is 16.5. The van der Waals surface area contributed by atoms with Crippen molar-refractivity contribution >= 4 is 11.5 Å². The van der Waals surface area contributed by atoms with E-state index >= 15 is 0 Å². The molecule has 1 saturated heterocycles. The lowest BCUT2D eigenvalue weighted by atomic mass is 10.2. The molecule has 0 radical (unpaired) electrons. The van der Waals surface area contributed by atoms with Crippen LogP contribution in [-0.2, 0) is 0 Å². The van der Waals surface area contributed by atoms with Crippen molar-refractivity contribution in [3.63, 3.8) is 0 Å². The lowest BCUT2D eigenvalue weighted by Gasteiger charge is -2.36. The minimum Gasteiger partial charge on any atom is -0.497 e. The van der Waals surface area contributed by atoms with E-state index in [4.69, 9.17) is 9.26 Å². The Labute approximate surface area is 180 Å². The molecule has 2 aromatic carbocycles. The van der Waals surface area contributed by atoms with Gasteiger partial charge in [-0.1, -0.05) is 41.6 Å². The van der Waals surface area contributed by atoms with Gasteiger partial charge in [0.05, 0.1) is 12.7 Å². The molecular weight excluding hydrogens is 390 g/mol. The topological polar surface area (TPSA) is 67.5 Å². The van der Waals surface area contributed by atoms with Crippen molar-refractivity contribution in [2.45, 2.75) is 0 Å². The van der Waals surface area contributed by atoms with Crippen LogP contribution in [0.4, 0.5) is 11.5 Å². The molecule has 0 saturated carbocycles. The van der Waals surface area contributed by atoms with Crippen LogP contribution in [0.2, 0.25) is 0 Å². The van der Waals surface area contributed by atoms with Crippen molar-refractivity contribution in [1.29, 1.82) is 0 Å². The number of methoxy groups -OCH3 is 1. The molecule has 156 valence electrons. The highest BCUT2D eigenvalue weighted by Gasteiger charge is 2.19. The number of anilines is 2. The molecular formula is C24H23N5O2. The minimum absolute atomic E-state index is 0.473. The van der Waals surface area contributed by atoms with Crippen LogP contribution in [0.5, 0.6) is 5.75 Å². The molecule has 2 aromatic heterocycles. The van der Waals surface area contributed by atoms with Crippen LogP contribution in [-0.4, -0.2) is 48.4 Å². The van der Waals surface area contributed by atoms with Gasteiger partial charge in [0.15, 0.2) is 0 Å². The number of rotatable bonds is 5. The molecule has 4 aromatic rings. The number of hydrogen-bond acceptors (Lipinski definition) is 7. The molecule has 0 atom stereocenters. The Balaban J connectivity index is 1.24. The Hall–Kier alpha value is -3.87. The third-order valence-corrected chi connectivity index (χ3v) is 5.47. The summed E-state index contributed by atoms with van der Waals surface area (Å²) in [6.45, 7) is 3.67. The number of pyridine rings is 1. The number of ether oxygens (including phenoxy) is 1. The van der Waals surface area contributed by atoms with Gasteiger partial charge >= 0.3 is 0 Å². The smallest absolute Gasteiger partial charge is 0.259 e. The Kier molecular flexibility index (Phi) is 5.22. The quantitative estimate of drug-likeness (QED) is 0.487. The van der Waals surface area contributed by atoms with E-state index in [0.29, 0.717) is 11.7 Å². The fourth-order valence-electron chi connectivity index (χ4n) is 3.75. The second kappa shape index (κ2) is 8.47. The first-order valence-electron chi connectivity index (χ1n) is 10.3. The summed E-state index contributed by atoms with van der Waals surface area (Å²) in [5.74, 6) is 2.89. The Morgan fingerprint density at radius 1 is 0.839 bits per heavy atom. The van der Waals surface area contributed by atoms with Crippen LogP contribution in [0.25, 0.3) is 22.8 Å². The predicted octanol–water partition coefficient (Wildman–Crippen LogP) is 4.13. The molecule has 5 rings (SSSR count). The molecule has 0 spiro atoms. The molecule has 1 fully saturated rings. The molecule has 0 aliphatic carbocycles. The second-order valence-electron chi connectivity index (χ2n) is 7.37. The van der Waals surface area contributed by atoms with Gasteiger partial charge < -0.3 is 19.1 Å². The monoisotopic (exact) mass is 413 g/mol. The molecule has 0 unspecified atom stereocenters. The van der Waals surface area contributed by atoms with E-state index in [0.717, 1.165) is 48.9 Å². The van der Waals surface area contributed by atoms with Crippen LogP contribution in [0.15, 0.2) is 77.4 Å². The van der Waals surface area contributed by atoms with Gasteiger partial charge in [0, 0.05) is 49.7 Å². The molecule has 0 amide bonds. The third kappa shape index (κ3) is 4.07. The molecule has 0 bridgehead atoms. The fraction of sp³-hybridized carbons (Fsp3) is 0.208. The summed E-state index contributed by atoms with van der Waals surface area (Å²) < 4.78 is 10.8. The highest BCUT2D eigenvalue weighted by molar-refractivity contribution is 5.60. The van der Waals surface area contributed by atoms with E-state index in [9.17, 15) is 0 Å². The Morgan fingerprint density at radius 2 is 1.65 bits per heavy atom. The summed E-state index contributed by atoms with van der Waals surface area (Å²) in [4.78, 5) is 13.8. The first-order valence-corrected chi connectivity index (χ1v) is 10.3. The lowest BCUT2D eigenvalue weighted by Crippen LogP contribution is -2.46. The zero-order valence-corrected chi connectivity index (χ0v) is 17.3. The lowest BCUT2D eigenvalue weighted by molar-refractivity contribution is 0.414. The maximum Gasteiger partial charge on any atom is 0.259 e. The van der Waals surface area contributed by atoms with E-state index in [2.05, 4.69) is 37.1 Å². The van der Waals surface area contributed by atoms with Crippen LogP contribution in [0.1, 0.15) is 0 Å². The van der Waals surface area contributed by atoms with Gasteiger partial charge in [0.25, 0.3) is 5.89 Å². The average Bonchev–Trinajstić information content (AvgIpc) is 3.35. The number of piperazine rings is 1. The maximum absolute atomic E-state index is 5.44. The number of hydrogen-bond donors (Lipinski definition) is 0. The van der Waals surface area contributed by atoms with Crippen LogP contribution < -0.4 is 14.5 Å². The van der Waals surface area contributed by atoms with Gasteiger partial charge in [-0.2, -0.15) is 4.98 Å². The molecule has 7 nitrogen and oxygen atoms in total. The van der Waals surface area contributed by atoms with Gasteiger partial charge in [0.1, 0.15) is 11.6 Å². The van der Waals surface area contributed by atoms with E-state index in [1.54, 1.807) is 13.3 Å². The van der Waals surface area contributed by atoms with Gasteiger partial charge in [0.2, 0.25) is 5.82 Å². The largest absolute Gasteiger partial charge is 0.497 e. The molecule has 3 heterocycles. The van der Waals surface area contributed by atoms with Crippen LogP contribution in [0.3, 0.4) is 0 Å². The van der Waals surface area contributed by atoms with Crippen LogP contribution >= 0.6 is 0 Å². The molecule has 31 heavy (non-hydrogen) atoms. The van der Waals surface area contributed by atoms with E-state index in [-0.39, 0.29) is 0 Å². The summed E-state index contributed by atoms with van der Waals surface area (Å²) in [6.07, 6.45) is 1.80. The highest BCUT2D eigenvalue weighted by Crippen LogP contribution is 2.25. The van der Waals surface area contributed by atoms with E-state index in [1.807, 2.05) is 54.6 Å². The summed E-state index contributed by atoms with van der Waals surface area (Å²) in [7, 11) is 1.70. The molecule has 7 heteroatoms. The summed E-state index contributed by atoms with van der Waals surface area (Å²) in [5.41, 5.74) is 2.93. The van der Waals surface area contributed by atoms with Crippen molar-refractivity contribution in [3.05, 3.63) is 72.9 Å². The van der Waals surface area contributed by atoms with Crippen LogP contribution in [0, 0.1) is 0 Å². The van der Waals surface area contributed by atoms with Gasteiger partial charge in [-0.25, -0.2) is 4.98 Å². The molecule has 1 aliphatic heterocycles. The zero-order valence-electron chi connectivity index (χ0n) is 17.3. The summed E-state index contributed by atoms with van der Waals surface area (Å²) in [6, 6.07) is 22.0. The number of benzene rings is 2. The number of nitrogens with zero attached hydrogens (tertiary/aromatic N) is 5. The summed E-state index contributed by atoms with van der Waals surface area (Å²) in [5, 5.41) is 4.09. The minimum atomic E-state index is 0.473. The normalized spacial score (nSPS) is 14.0. The zero-order chi connectivity index (χ0) is 21.0. The maximum atomic E-state index is 5.44. The average molecular weight is 413 g/mol. The Morgan fingerprint density at radius 3 is 2.39 bits per heavy atom. The first kappa shape index (κ1) is 19.1. The van der Waals surface area contributed by atoms with Crippen molar-refractivity contribution in [1.82, 2.24) is 15.1 Å². The third-order valence-electron chi connectivity index (χ3n) is 5.47. The van der Waals surface area contributed by atoms with Crippen molar-refractivity contribution in [3.8, 4) is 28.6 Å². The van der Waals surface area contributed by atoms with Gasteiger partial charge in [-0.15, -0.1) is 0 Å². The van der Waals surface area contributed by atoms with Crippen molar-refractivity contribution < 1.29 is 9.26 Å². The first-order chi connectivity index (χ1) is 15.3. The molecule has 0 N–H and O–H groups in total.